The summed E-state index contributed by atoms with van der Waals surface area (Å²) in [6, 6.07) is 3.31. The maximum Gasteiger partial charge on any atom is 0.147 e. The van der Waals surface area contributed by atoms with E-state index in [4.69, 9.17) is 27.2 Å². The number of hydrogen-bond acceptors (Lipinski definition) is 3. The SMILES string of the molecule is N#CC[C@@H](O)[C@@H](Cl)C#N. The minimum atomic E-state index is -1.03. The normalized spacial score (nSPS) is 15.1. The smallest absolute Gasteiger partial charge is 0.147 e. The van der Waals surface area contributed by atoms with Crippen LogP contribution in [-0.4, -0.2) is 16.6 Å². The first kappa shape index (κ1) is 8.23. The van der Waals surface area contributed by atoms with Crippen molar-refractivity contribution >= 4 is 11.6 Å². The highest BCUT2D eigenvalue weighted by atomic mass is 35.5. The summed E-state index contributed by atoms with van der Waals surface area (Å²) in [6.07, 6.45) is -1.12. The first-order valence-corrected chi connectivity index (χ1v) is 2.74. The van der Waals surface area contributed by atoms with Gasteiger partial charge in [0.25, 0.3) is 0 Å². The van der Waals surface area contributed by atoms with Gasteiger partial charge in [-0.15, -0.1) is 11.6 Å². The Balaban J connectivity index is 3.65. The summed E-state index contributed by atoms with van der Waals surface area (Å²) >= 11 is 5.23. The van der Waals surface area contributed by atoms with Crippen molar-refractivity contribution in [2.24, 2.45) is 0 Å². The summed E-state index contributed by atoms with van der Waals surface area (Å²) in [5, 5.41) is 23.9. The van der Waals surface area contributed by atoms with Crippen LogP contribution >= 0.6 is 11.6 Å². The average Bonchev–Trinajstić information content (AvgIpc) is 1.87. The predicted molar refractivity (Wildman–Crippen MR) is 31.5 cm³/mol. The van der Waals surface area contributed by atoms with Crippen molar-refractivity contribution < 1.29 is 5.11 Å². The minimum Gasteiger partial charge on any atom is -0.389 e. The molecule has 4 heteroatoms. The van der Waals surface area contributed by atoms with Crippen LogP contribution in [0.25, 0.3) is 0 Å². The quantitative estimate of drug-likeness (QED) is 0.570. The molecule has 0 heterocycles. The van der Waals surface area contributed by atoms with E-state index in [1.165, 1.54) is 0 Å². The fourth-order valence-corrected chi connectivity index (χ4v) is 0.372. The Hall–Kier alpha value is -0.770. The maximum absolute atomic E-state index is 8.74. The Bertz CT molecular complexity index is 157. The maximum atomic E-state index is 8.74. The van der Waals surface area contributed by atoms with E-state index in [0.29, 0.717) is 0 Å². The molecule has 0 aromatic rings. The molecule has 3 nitrogen and oxygen atoms in total. The van der Waals surface area contributed by atoms with Crippen molar-refractivity contribution in [1.82, 2.24) is 0 Å². The molecule has 0 bridgehead atoms. The monoisotopic (exact) mass is 144 g/mol. The van der Waals surface area contributed by atoms with Crippen molar-refractivity contribution in [3.05, 3.63) is 0 Å². The van der Waals surface area contributed by atoms with Gasteiger partial charge in [-0.2, -0.15) is 10.5 Å². The first-order valence-electron chi connectivity index (χ1n) is 2.31. The second-order valence-corrected chi connectivity index (χ2v) is 1.93. The van der Waals surface area contributed by atoms with Gasteiger partial charge in [-0.1, -0.05) is 0 Å². The number of nitrogens with zero attached hydrogens (tertiary/aromatic N) is 2. The molecule has 48 valence electrons. The molecule has 1 N–H and O–H groups in total. The molecule has 0 spiro atoms. The Morgan fingerprint density at radius 2 is 2.11 bits per heavy atom. The van der Waals surface area contributed by atoms with Gasteiger partial charge in [0.1, 0.15) is 5.38 Å². The topological polar surface area (TPSA) is 67.8 Å². The van der Waals surface area contributed by atoms with E-state index in [-0.39, 0.29) is 6.42 Å². The van der Waals surface area contributed by atoms with Gasteiger partial charge in [0, 0.05) is 0 Å². The Morgan fingerprint density at radius 3 is 2.44 bits per heavy atom. The zero-order chi connectivity index (χ0) is 7.28. The standard InChI is InChI=1S/C5H5ClN2O/c6-4(3-8)5(9)1-2-7/h4-5,9H,1H2/t4-,5+/m0/s1. The van der Waals surface area contributed by atoms with Crippen LogP contribution in [0.5, 0.6) is 0 Å². The summed E-state index contributed by atoms with van der Waals surface area (Å²) in [7, 11) is 0. The van der Waals surface area contributed by atoms with Gasteiger partial charge in [0.05, 0.1) is 24.7 Å². The third kappa shape index (κ3) is 2.92. The van der Waals surface area contributed by atoms with Crippen LogP contribution in [0.2, 0.25) is 0 Å². The molecule has 0 saturated heterocycles. The number of halogens is 1. The summed E-state index contributed by atoms with van der Waals surface area (Å²) in [6.45, 7) is 0. The molecule has 0 amide bonds. The number of aliphatic hydroxyl groups is 1. The number of alkyl halides is 1. The number of hydrogen-bond donors (Lipinski definition) is 1. The van der Waals surface area contributed by atoms with E-state index in [1.807, 2.05) is 0 Å². The fraction of sp³-hybridized carbons (Fsp3) is 0.600. The molecule has 0 radical (unpaired) electrons. The summed E-state index contributed by atoms with van der Waals surface area (Å²) < 4.78 is 0. The average molecular weight is 145 g/mol. The van der Waals surface area contributed by atoms with Gasteiger partial charge >= 0.3 is 0 Å². The molecular weight excluding hydrogens is 140 g/mol. The third-order valence-electron chi connectivity index (χ3n) is 0.762. The van der Waals surface area contributed by atoms with Gasteiger partial charge < -0.3 is 5.11 Å². The molecule has 0 fully saturated rings. The molecule has 2 atom stereocenters. The molecule has 0 aromatic carbocycles. The van der Waals surface area contributed by atoms with Gasteiger partial charge in [-0.3, -0.25) is 0 Å². The predicted octanol–water partition coefficient (Wildman–Crippen LogP) is 0.392. The van der Waals surface area contributed by atoms with Gasteiger partial charge in [0.15, 0.2) is 0 Å². The largest absolute Gasteiger partial charge is 0.389 e. The highest BCUT2D eigenvalue weighted by Crippen LogP contribution is 2.03. The van der Waals surface area contributed by atoms with Crippen LogP contribution in [0.15, 0.2) is 0 Å². The Morgan fingerprint density at radius 1 is 1.56 bits per heavy atom. The summed E-state index contributed by atoms with van der Waals surface area (Å²) in [5.41, 5.74) is 0. The molecule has 0 unspecified atom stereocenters. The van der Waals surface area contributed by atoms with Gasteiger partial charge in [-0.25, -0.2) is 0 Å². The molecule has 0 aromatic heterocycles. The molecule has 9 heavy (non-hydrogen) atoms. The second kappa shape index (κ2) is 4.14. The molecule has 0 rings (SSSR count). The van der Waals surface area contributed by atoms with Crippen LogP contribution < -0.4 is 0 Å². The van der Waals surface area contributed by atoms with Crippen molar-refractivity contribution in [2.45, 2.75) is 17.9 Å². The number of nitriles is 2. The summed E-state index contributed by atoms with van der Waals surface area (Å²) in [4.78, 5) is 0. The van der Waals surface area contributed by atoms with Crippen molar-refractivity contribution in [2.75, 3.05) is 0 Å². The van der Waals surface area contributed by atoms with E-state index in [2.05, 4.69) is 0 Å². The lowest BCUT2D eigenvalue weighted by Gasteiger charge is -2.03. The van der Waals surface area contributed by atoms with E-state index < -0.39 is 11.5 Å². The van der Waals surface area contributed by atoms with E-state index >= 15 is 0 Å². The minimum absolute atomic E-state index is 0.0955. The number of rotatable bonds is 2. The van der Waals surface area contributed by atoms with Crippen LogP contribution in [-0.2, 0) is 0 Å². The van der Waals surface area contributed by atoms with Crippen LogP contribution in [0.1, 0.15) is 6.42 Å². The zero-order valence-corrected chi connectivity index (χ0v) is 5.34. The first-order chi connectivity index (χ1) is 4.22. The van der Waals surface area contributed by atoms with Crippen molar-refractivity contribution in [1.29, 1.82) is 10.5 Å². The second-order valence-electron chi connectivity index (χ2n) is 1.46. The van der Waals surface area contributed by atoms with Crippen LogP contribution in [0.3, 0.4) is 0 Å². The lowest BCUT2D eigenvalue weighted by Crippen LogP contribution is -2.17. The lowest BCUT2D eigenvalue weighted by molar-refractivity contribution is 0.188. The van der Waals surface area contributed by atoms with Crippen molar-refractivity contribution in [3.8, 4) is 12.1 Å². The van der Waals surface area contributed by atoms with E-state index in [1.54, 1.807) is 12.1 Å². The van der Waals surface area contributed by atoms with Gasteiger partial charge in [0.2, 0.25) is 0 Å². The molecule has 0 aliphatic heterocycles. The molecule has 0 saturated carbocycles. The Labute approximate surface area is 58.1 Å². The van der Waals surface area contributed by atoms with Crippen molar-refractivity contribution in [3.63, 3.8) is 0 Å². The fourth-order valence-electron chi connectivity index (χ4n) is 0.283. The van der Waals surface area contributed by atoms with Crippen LogP contribution in [0, 0.1) is 22.7 Å². The highest BCUT2D eigenvalue weighted by molar-refractivity contribution is 6.22. The molecule has 0 aliphatic carbocycles. The van der Waals surface area contributed by atoms with Crippen LogP contribution in [0.4, 0.5) is 0 Å². The zero-order valence-electron chi connectivity index (χ0n) is 4.58. The summed E-state index contributed by atoms with van der Waals surface area (Å²) in [5.74, 6) is 0. The molecule has 0 aliphatic rings. The third-order valence-corrected chi connectivity index (χ3v) is 1.15. The Kier molecular flexibility index (Phi) is 3.79. The lowest BCUT2D eigenvalue weighted by atomic mass is 10.2. The van der Waals surface area contributed by atoms with E-state index in [0.717, 1.165) is 0 Å². The highest BCUT2D eigenvalue weighted by Gasteiger charge is 2.13. The van der Waals surface area contributed by atoms with E-state index in [9.17, 15) is 0 Å². The molecular formula is C5H5ClN2O. The number of aliphatic hydroxyl groups excluding tert-OH is 1. The van der Waals surface area contributed by atoms with Gasteiger partial charge in [-0.05, 0) is 0 Å².